The first-order valence-electron chi connectivity index (χ1n) is 13.6. The number of pyridine rings is 1. The van der Waals surface area contributed by atoms with Gasteiger partial charge < -0.3 is 26.2 Å². The molecule has 0 spiro atoms. The van der Waals surface area contributed by atoms with Gasteiger partial charge in [-0.1, -0.05) is 0 Å². The molecule has 0 radical (unpaired) electrons. The molecule has 2 bridgehead atoms. The first-order chi connectivity index (χ1) is 18.2. The van der Waals surface area contributed by atoms with Gasteiger partial charge in [-0.05, 0) is 101 Å². The van der Waals surface area contributed by atoms with E-state index >= 15 is 0 Å². The predicted octanol–water partition coefficient (Wildman–Crippen LogP) is 2.55. The zero-order valence-corrected chi connectivity index (χ0v) is 22.5. The molecule has 4 heterocycles. The lowest BCUT2D eigenvalue weighted by atomic mass is 9.95. The second-order valence-corrected chi connectivity index (χ2v) is 11.3. The summed E-state index contributed by atoms with van der Waals surface area (Å²) in [6, 6.07) is 8.13. The summed E-state index contributed by atoms with van der Waals surface area (Å²) < 4.78 is 0. The third-order valence-electron chi connectivity index (χ3n) is 8.38. The maximum Gasteiger partial charge on any atom is 0.253 e. The number of amides is 3. The molecule has 1 aromatic heterocycles. The molecule has 202 valence electrons. The number of nitrogens with two attached hydrogens (primary N) is 1. The highest BCUT2D eigenvalue weighted by atomic mass is 16.2. The van der Waals surface area contributed by atoms with Crippen LogP contribution in [-0.2, 0) is 0 Å². The lowest BCUT2D eigenvalue weighted by molar-refractivity contribution is 0.0908. The number of benzene rings is 1. The minimum Gasteiger partial charge on any atom is -0.366 e. The fourth-order valence-electron chi connectivity index (χ4n) is 6.48. The molecule has 4 N–H and O–H groups in total. The van der Waals surface area contributed by atoms with Gasteiger partial charge in [-0.15, -0.1) is 0 Å². The molecular formula is C29H38N6O3. The molecule has 3 aliphatic rings. The summed E-state index contributed by atoms with van der Waals surface area (Å²) in [5, 5.41) is 6.38. The highest BCUT2D eigenvalue weighted by molar-refractivity contribution is 5.99. The van der Waals surface area contributed by atoms with Gasteiger partial charge >= 0.3 is 0 Å². The molecule has 2 aromatic rings. The van der Waals surface area contributed by atoms with Crippen LogP contribution >= 0.6 is 0 Å². The minimum atomic E-state index is -0.485. The highest BCUT2D eigenvalue weighted by Gasteiger charge is 2.42. The average Bonchev–Trinajstić information content (AvgIpc) is 3.15. The SMILES string of the molecule is Cc1cc(C(=O)NC2CC3CCC(C2)N3c2ccc(C(=O)N[C@H]3CCCN(C)C3)cn2)c(C)cc1C(N)=O. The number of piperidine rings is 2. The molecule has 3 aliphatic heterocycles. The fourth-order valence-corrected chi connectivity index (χ4v) is 6.48. The largest absolute Gasteiger partial charge is 0.366 e. The van der Waals surface area contributed by atoms with Gasteiger partial charge in [-0.25, -0.2) is 4.98 Å². The van der Waals surface area contributed by atoms with Gasteiger partial charge in [0.1, 0.15) is 5.82 Å². The topological polar surface area (TPSA) is 121 Å². The van der Waals surface area contributed by atoms with E-state index in [0.29, 0.717) is 34.3 Å². The van der Waals surface area contributed by atoms with Crippen molar-refractivity contribution in [2.45, 2.75) is 76.5 Å². The Kier molecular flexibility index (Phi) is 7.38. The van der Waals surface area contributed by atoms with Crippen molar-refractivity contribution >= 4 is 23.5 Å². The van der Waals surface area contributed by atoms with Crippen LogP contribution < -0.4 is 21.3 Å². The van der Waals surface area contributed by atoms with Gasteiger partial charge in [0.2, 0.25) is 5.91 Å². The third kappa shape index (κ3) is 5.38. The Hall–Kier alpha value is -3.46. The van der Waals surface area contributed by atoms with Crippen LogP contribution in [0.3, 0.4) is 0 Å². The van der Waals surface area contributed by atoms with Crippen LogP contribution in [0.4, 0.5) is 5.82 Å². The number of likely N-dealkylation sites (tertiary alicyclic amines) is 1. The van der Waals surface area contributed by atoms with E-state index in [4.69, 9.17) is 5.73 Å². The molecule has 9 nitrogen and oxygen atoms in total. The summed E-state index contributed by atoms with van der Waals surface area (Å²) in [6.45, 7) is 5.58. The van der Waals surface area contributed by atoms with Crippen LogP contribution in [0.25, 0.3) is 0 Å². The summed E-state index contributed by atoms with van der Waals surface area (Å²) in [5.41, 5.74) is 8.52. The number of aromatic nitrogens is 1. The number of likely N-dealkylation sites (N-methyl/N-ethyl adjacent to an activating group) is 1. The minimum absolute atomic E-state index is 0.0665. The number of nitrogens with one attached hydrogen (secondary N) is 2. The summed E-state index contributed by atoms with van der Waals surface area (Å²) in [5.74, 6) is 0.228. The number of carbonyl (C=O) groups excluding carboxylic acids is 3. The van der Waals surface area contributed by atoms with Crippen molar-refractivity contribution in [2.75, 3.05) is 25.0 Å². The summed E-state index contributed by atoms with van der Waals surface area (Å²) in [6.07, 6.45) is 7.60. The molecule has 1 aromatic carbocycles. The Balaban J connectivity index is 1.20. The maximum atomic E-state index is 13.1. The Bertz CT molecular complexity index is 1220. The van der Waals surface area contributed by atoms with Gasteiger partial charge in [-0.3, -0.25) is 14.4 Å². The predicted molar refractivity (Wildman–Crippen MR) is 146 cm³/mol. The van der Waals surface area contributed by atoms with Gasteiger partial charge in [0, 0.05) is 48.0 Å². The van der Waals surface area contributed by atoms with Crippen molar-refractivity contribution in [2.24, 2.45) is 5.73 Å². The van der Waals surface area contributed by atoms with Crippen molar-refractivity contribution in [1.29, 1.82) is 0 Å². The number of rotatable bonds is 6. The highest BCUT2D eigenvalue weighted by Crippen LogP contribution is 2.38. The van der Waals surface area contributed by atoms with Gasteiger partial charge in [0.05, 0.1) is 5.56 Å². The molecule has 5 rings (SSSR count). The molecule has 3 atom stereocenters. The Morgan fingerprint density at radius 1 is 0.921 bits per heavy atom. The first kappa shape index (κ1) is 26.2. The number of nitrogens with zero attached hydrogens (tertiary/aromatic N) is 3. The molecule has 0 aliphatic carbocycles. The lowest BCUT2D eigenvalue weighted by Gasteiger charge is -2.40. The molecule has 0 saturated carbocycles. The van der Waals surface area contributed by atoms with Crippen LogP contribution in [0, 0.1) is 13.8 Å². The molecule has 3 amide bonds. The monoisotopic (exact) mass is 518 g/mol. The van der Waals surface area contributed by atoms with Crippen LogP contribution in [0.2, 0.25) is 0 Å². The molecule has 2 unspecified atom stereocenters. The Labute approximate surface area is 224 Å². The number of carbonyl (C=O) groups is 3. The second-order valence-electron chi connectivity index (χ2n) is 11.3. The maximum absolute atomic E-state index is 13.1. The van der Waals surface area contributed by atoms with Crippen LogP contribution in [0.15, 0.2) is 30.5 Å². The van der Waals surface area contributed by atoms with Crippen LogP contribution in [0.5, 0.6) is 0 Å². The zero-order chi connectivity index (χ0) is 27.0. The molecule has 9 heteroatoms. The quantitative estimate of drug-likeness (QED) is 0.541. The number of fused-ring (bicyclic) bond motifs is 2. The van der Waals surface area contributed by atoms with E-state index in [9.17, 15) is 14.4 Å². The Morgan fingerprint density at radius 2 is 1.58 bits per heavy atom. The average molecular weight is 519 g/mol. The van der Waals surface area contributed by atoms with Crippen LogP contribution in [0.1, 0.15) is 80.7 Å². The second kappa shape index (κ2) is 10.7. The van der Waals surface area contributed by atoms with Crippen molar-refractivity contribution in [3.8, 4) is 0 Å². The molecule has 3 saturated heterocycles. The zero-order valence-electron chi connectivity index (χ0n) is 22.5. The molecule has 38 heavy (non-hydrogen) atoms. The van der Waals surface area contributed by atoms with E-state index in [1.807, 2.05) is 19.1 Å². The summed E-state index contributed by atoms with van der Waals surface area (Å²) >= 11 is 0. The number of hydrogen-bond acceptors (Lipinski definition) is 6. The van der Waals surface area contributed by atoms with Crippen LogP contribution in [-0.4, -0.2) is 71.9 Å². The third-order valence-corrected chi connectivity index (χ3v) is 8.38. The number of hydrogen-bond donors (Lipinski definition) is 3. The molecule has 3 fully saturated rings. The van der Waals surface area contributed by atoms with Gasteiger partial charge in [0.15, 0.2) is 0 Å². The number of aryl methyl sites for hydroxylation is 2. The molecular weight excluding hydrogens is 480 g/mol. The fraction of sp³-hybridized carbons (Fsp3) is 0.517. The Morgan fingerprint density at radius 3 is 2.21 bits per heavy atom. The van der Waals surface area contributed by atoms with E-state index in [2.05, 4.69) is 32.5 Å². The lowest BCUT2D eigenvalue weighted by Crippen LogP contribution is -2.51. The summed E-state index contributed by atoms with van der Waals surface area (Å²) in [7, 11) is 2.09. The van der Waals surface area contributed by atoms with E-state index in [0.717, 1.165) is 63.0 Å². The smallest absolute Gasteiger partial charge is 0.253 e. The van der Waals surface area contributed by atoms with Crippen molar-refractivity contribution in [1.82, 2.24) is 20.5 Å². The summed E-state index contributed by atoms with van der Waals surface area (Å²) in [4.78, 5) is 46.8. The van der Waals surface area contributed by atoms with E-state index in [1.54, 1.807) is 25.3 Å². The van der Waals surface area contributed by atoms with E-state index in [1.165, 1.54) is 0 Å². The standard InChI is InChI=1S/C29H38N6O3/c1-17-12-25(18(2)11-24(17)27(30)36)29(38)33-21-13-22-7-8-23(14-21)35(22)26-9-6-19(15-31-26)28(37)32-20-5-4-10-34(3)16-20/h6,9,11-12,15,20-23H,4-5,7-8,10,13-14,16H2,1-3H3,(H2,30,36)(H,32,37)(H,33,38)/t20-,21?,22?,23?/m0/s1. The van der Waals surface area contributed by atoms with Crippen molar-refractivity contribution < 1.29 is 14.4 Å². The number of primary amides is 1. The van der Waals surface area contributed by atoms with Gasteiger partial charge in [0.25, 0.3) is 11.8 Å². The van der Waals surface area contributed by atoms with Crippen molar-refractivity contribution in [3.63, 3.8) is 0 Å². The number of anilines is 1. The van der Waals surface area contributed by atoms with Crippen molar-refractivity contribution in [3.05, 3.63) is 58.3 Å². The van der Waals surface area contributed by atoms with E-state index < -0.39 is 5.91 Å². The normalized spacial score (nSPS) is 25.2. The first-order valence-corrected chi connectivity index (χ1v) is 13.6. The van der Waals surface area contributed by atoms with Gasteiger partial charge in [-0.2, -0.15) is 0 Å². The van der Waals surface area contributed by atoms with E-state index in [-0.39, 0.29) is 23.9 Å².